The lowest BCUT2D eigenvalue weighted by Crippen LogP contribution is -2.74. The molecule has 1 aromatic carbocycles. The minimum atomic E-state index is -1.95. The first-order valence-corrected chi connectivity index (χ1v) is 15.7. The molecule has 11 nitrogen and oxygen atoms in total. The van der Waals surface area contributed by atoms with Crippen LogP contribution in [0.3, 0.4) is 0 Å². The Bertz CT molecular complexity index is 1370. The second-order valence-corrected chi connectivity index (χ2v) is 14.9. The van der Waals surface area contributed by atoms with Crippen LogP contribution >= 0.6 is 0 Å². The number of alkyl carbamates (subject to hydrolysis) is 1. The number of aliphatic hydroxyl groups excluding tert-OH is 3. The molecule has 1 saturated heterocycles. The van der Waals surface area contributed by atoms with Gasteiger partial charge >= 0.3 is 12.1 Å². The number of amides is 1. The van der Waals surface area contributed by atoms with Crippen molar-refractivity contribution in [2.24, 2.45) is 22.7 Å². The number of hydrogen-bond acceptors (Lipinski definition) is 10. The molecule has 11 heteroatoms. The number of rotatable bonds is 5. The number of esters is 1. The van der Waals surface area contributed by atoms with Gasteiger partial charge in [-0.25, -0.2) is 4.79 Å². The highest BCUT2D eigenvalue weighted by Crippen LogP contribution is 2.61. The van der Waals surface area contributed by atoms with Gasteiger partial charge in [0.1, 0.15) is 23.4 Å². The quantitative estimate of drug-likeness (QED) is 0.241. The number of benzene rings is 1. The van der Waals surface area contributed by atoms with Crippen molar-refractivity contribution in [3.8, 4) is 0 Å². The van der Waals surface area contributed by atoms with E-state index in [0.29, 0.717) is 11.1 Å². The Balaban J connectivity index is 1.48. The highest BCUT2D eigenvalue weighted by Gasteiger charge is 2.70. The molecule has 2 bridgehead atoms. The zero-order valence-electron chi connectivity index (χ0n) is 27.1. The zero-order chi connectivity index (χ0) is 33.3. The zero-order valence-corrected chi connectivity index (χ0v) is 27.1. The lowest BCUT2D eigenvalue weighted by atomic mass is 9.46. The van der Waals surface area contributed by atoms with Crippen LogP contribution in [0.2, 0.25) is 0 Å². The lowest BCUT2D eigenvalue weighted by molar-refractivity contribution is -0.277. The predicted octanol–water partition coefficient (Wildman–Crippen LogP) is 2.74. The summed E-state index contributed by atoms with van der Waals surface area (Å²) in [6, 6.07) is 8.09. The van der Waals surface area contributed by atoms with Crippen LogP contribution < -0.4 is 5.32 Å². The molecule has 3 unspecified atom stereocenters. The number of nitrogens with one attached hydrogen (secondary N) is 1. The molecule has 1 heterocycles. The SMILES string of the molecule is CC1=C2[C@@H](O)C(=O)[C@@]3(C)C(C4COC4C[C@@H]3O)[C@H](O)[C@](O)(C[C@@H]1OC(=O)C[C@@H](NC(=O)OC(C)(C)C)c1ccccc1)C2(C)C. The van der Waals surface area contributed by atoms with E-state index in [4.69, 9.17) is 14.2 Å². The number of aliphatic hydroxyl groups is 4. The summed E-state index contributed by atoms with van der Waals surface area (Å²) in [5.41, 5.74) is -4.37. The van der Waals surface area contributed by atoms with Crippen LogP contribution in [0.1, 0.15) is 79.3 Å². The summed E-state index contributed by atoms with van der Waals surface area (Å²) in [7, 11) is 0. The number of ether oxygens (including phenoxy) is 3. The molecular weight excluding hydrogens is 582 g/mol. The minimum absolute atomic E-state index is 0.156. The van der Waals surface area contributed by atoms with Crippen LogP contribution in [0, 0.1) is 22.7 Å². The van der Waals surface area contributed by atoms with Crippen LogP contribution in [-0.2, 0) is 23.8 Å². The third-order valence-corrected chi connectivity index (χ3v) is 10.9. The molecule has 4 aliphatic rings. The largest absolute Gasteiger partial charge is 0.458 e. The van der Waals surface area contributed by atoms with Crippen LogP contribution in [0.4, 0.5) is 4.79 Å². The van der Waals surface area contributed by atoms with Crippen molar-refractivity contribution in [1.82, 2.24) is 5.32 Å². The smallest absolute Gasteiger partial charge is 0.408 e. The first-order valence-electron chi connectivity index (χ1n) is 15.7. The molecule has 3 fully saturated rings. The van der Waals surface area contributed by atoms with Crippen molar-refractivity contribution in [3.05, 3.63) is 47.0 Å². The molecule has 1 aromatic rings. The Morgan fingerprint density at radius 3 is 2.33 bits per heavy atom. The second kappa shape index (κ2) is 11.5. The molecule has 10 atom stereocenters. The first-order chi connectivity index (χ1) is 20.8. The third-order valence-electron chi connectivity index (χ3n) is 10.9. The molecule has 0 spiro atoms. The molecule has 3 aliphatic carbocycles. The summed E-state index contributed by atoms with van der Waals surface area (Å²) < 4.78 is 17.0. The van der Waals surface area contributed by atoms with E-state index in [-0.39, 0.29) is 43.5 Å². The summed E-state index contributed by atoms with van der Waals surface area (Å²) >= 11 is 0. The number of carbonyl (C=O) groups excluding carboxylic acids is 3. The number of ketones is 1. The molecule has 5 rings (SSSR count). The van der Waals surface area contributed by atoms with E-state index >= 15 is 0 Å². The van der Waals surface area contributed by atoms with Crippen molar-refractivity contribution in [3.63, 3.8) is 0 Å². The highest BCUT2D eigenvalue weighted by atomic mass is 16.6. The van der Waals surface area contributed by atoms with Gasteiger partial charge in [-0.1, -0.05) is 44.2 Å². The van der Waals surface area contributed by atoms with Gasteiger partial charge in [-0.2, -0.15) is 0 Å². The van der Waals surface area contributed by atoms with Gasteiger partial charge in [-0.15, -0.1) is 0 Å². The van der Waals surface area contributed by atoms with Gasteiger partial charge in [-0.3, -0.25) is 9.59 Å². The Hall–Kier alpha value is -2.83. The highest BCUT2D eigenvalue weighted by molar-refractivity contribution is 5.93. The van der Waals surface area contributed by atoms with Crippen LogP contribution in [0.25, 0.3) is 0 Å². The third kappa shape index (κ3) is 5.50. The number of carbonyl (C=O) groups is 3. The van der Waals surface area contributed by atoms with E-state index in [1.54, 1.807) is 72.7 Å². The summed E-state index contributed by atoms with van der Waals surface area (Å²) in [5.74, 6) is -2.58. The standard InChI is InChI=1S/C34H47NO10/c1-17-22(44-24(37)13-20(18-11-9-8-10-12-18)35-30(41)45-31(2,3)4)15-34(42)28(39)26-19-16-43-21(19)14-23(36)33(26,7)29(40)27(38)25(17)32(34,5)6/h8-12,19-23,26-28,36,38-39,42H,13-16H2,1-7H3,(H,35,41)/t19?,20-,21?,22+,23+,26?,27-,28+,33-,34-/m1/s1. The fourth-order valence-corrected chi connectivity index (χ4v) is 8.20. The molecule has 0 radical (unpaired) electrons. The normalized spacial score (nSPS) is 38.0. The van der Waals surface area contributed by atoms with Gasteiger partial charge < -0.3 is 40.0 Å². The van der Waals surface area contributed by atoms with Gasteiger partial charge in [0.25, 0.3) is 0 Å². The molecule has 2 saturated carbocycles. The van der Waals surface area contributed by atoms with Crippen molar-refractivity contribution >= 4 is 17.8 Å². The van der Waals surface area contributed by atoms with Crippen molar-refractivity contribution in [2.75, 3.05) is 6.61 Å². The topological polar surface area (TPSA) is 172 Å². The molecule has 1 aliphatic heterocycles. The average molecular weight is 630 g/mol. The van der Waals surface area contributed by atoms with Gasteiger partial charge in [0.2, 0.25) is 0 Å². The van der Waals surface area contributed by atoms with E-state index in [0.717, 1.165) is 0 Å². The summed E-state index contributed by atoms with van der Waals surface area (Å²) in [6.45, 7) is 12.0. The molecule has 5 N–H and O–H groups in total. The van der Waals surface area contributed by atoms with Crippen LogP contribution in [0.15, 0.2) is 41.5 Å². The Morgan fingerprint density at radius 2 is 1.76 bits per heavy atom. The van der Waals surface area contributed by atoms with Gasteiger partial charge in [0.05, 0.1) is 42.8 Å². The van der Waals surface area contributed by atoms with Gasteiger partial charge in [0.15, 0.2) is 5.78 Å². The van der Waals surface area contributed by atoms with Crippen molar-refractivity contribution in [1.29, 1.82) is 0 Å². The van der Waals surface area contributed by atoms with Crippen LogP contribution in [0.5, 0.6) is 0 Å². The van der Waals surface area contributed by atoms with Crippen LogP contribution in [-0.4, -0.2) is 86.6 Å². The Morgan fingerprint density at radius 1 is 1.11 bits per heavy atom. The fourth-order valence-electron chi connectivity index (χ4n) is 8.20. The molecular formula is C34H47NO10. The van der Waals surface area contributed by atoms with Gasteiger partial charge in [0, 0.05) is 30.1 Å². The maximum Gasteiger partial charge on any atom is 0.408 e. The maximum atomic E-state index is 14.1. The monoisotopic (exact) mass is 629 g/mol. The summed E-state index contributed by atoms with van der Waals surface area (Å²) in [5, 5.41) is 50.2. The summed E-state index contributed by atoms with van der Waals surface area (Å²) in [4.78, 5) is 40.3. The van der Waals surface area contributed by atoms with Crippen molar-refractivity contribution in [2.45, 2.75) is 115 Å². The summed E-state index contributed by atoms with van der Waals surface area (Å²) in [6.07, 6.45) is -6.92. The number of fused-ring (bicyclic) bond motifs is 5. The molecule has 45 heavy (non-hydrogen) atoms. The second-order valence-electron chi connectivity index (χ2n) is 14.9. The predicted molar refractivity (Wildman–Crippen MR) is 162 cm³/mol. The minimum Gasteiger partial charge on any atom is -0.458 e. The first kappa shape index (κ1) is 33.5. The number of hydrogen-bond donors (Lipinski definition) is 5. The Labute approximate surface area is 263 Å². The maximum absolute atomic E-state index is 14.1. The fraction of sp³-hybridized carbons (Fsp3) is 0.676. The van der Waals surface area contributed by atoms with E-state index < -0.39 is 76.3 Å². The van der Waals surface area contributed by atoms with Gasteiger partial charge in [-0.05, 0) is 51.3 Å². The average Bonchev–Trinajstić information content (AvgIpc) is 2.93. The van der Waals surface area contributed by atoms with E-state index in [2.05, 4.69) is 5.32 Å². The van der Waals surface area contributed by atoms with E-state index in [9.17, 15) is 34.8 Å². The molecule has 1 amide bonds. The number of Topliss-reactive ketones (excluding diaryl/α,β-unsaturated/α-hetero) is 1. The van der Waals surface area contributed by atoms with E-state index in [1.165, 1.54) is 0 Å². The van der Waals surface area contributed by atoms with E-state index in [1.807, 2.05) is 6.07 Å². The molecule has 0 aromatic heterocycles. The van der Waals surface area contributed by atoms with Crippen molar-refractivity contribution < 1.29 is 49.0 Å². The Kier molecular flexibility index (Phi) is 8.53. The lowest BCUT2D eigenvalue weighted by Gasteiger charge is -2.64. The molecule has 248 valence electrons.